The minimum absolute atomic E-state index is 0.0462. The standard InChI is InChI=1S/C26H21NO7/c28-24(27-21(26(30)31)13-17-7-3-1-4-8-17)16-32-19-11-12-20-22(14-19)33-15-23(25(20)29)34-18-9-5-2-6-10-18/h1-12,14-15,21H,13,16H2,(H,27,28)(H,30,31). The Morgan fingerprint density at radius 3 is 2.35 bits per heavy atom. The van der Waals surface area contributed by atoms with E-state index >= 15 is 0 Å². The van der Waals surface area contributed by atoms with Crippen molar-refractivity contribution >= 4 is 22.8 Å². The average molecular weight is 459 g/mol. The summed E-state index contributed by atoms with van der Waals surface area (Å²) in [5.41, 5.74) is 0.701. The summed E-state index contributed by atoms with van der Waals surface area (Å²) in [6.07, 6.45) is 1.37. The molecular weight excluding hydrogens is 438 g/mol. The number of para-hydroxylation sites is 1. The van der Waals surface area contributed by atoms with Crippen LogP contribution in [0.4, 0.5) is 0 Å². The van der Waals surface area contributed by atoms with E-state index in [0.29, 0.717) is 11.1 Å². The van der Waals surface area contributed by atoms with Crippen LogP contribution in [-0.2, 0) is 16.0 Å². The molecule has 0 saturated heterocycles. The van der Waals surface area contributed by atoms with Crippen molar-refractivity contribution in [1.82, 2.24) is 5.32 Å². The van der Waals surface area contributed by atoms with Gasteiger partial charge in [-0.05, 0) is 29.8 Å². The number of nitrogens with one attached hydrogen (secondary N) is 1. The quantitative estimate of drug-likeness (QED) is 0.391. The molecule has 0 spiro atoms. The predicted octanol–water partition coefficient (Wildman–Crippen LogP) is 3.78. The highest BCUT2D eigenvalue weighted by Gasteiger charge is 2.20. The zero-order valence-electron chi connectivity index (χ0n) is 18.0. The van der Waals surface area contributed by atoms with Gasteiger partial charge in [0.15, 0.2) is 6.61 Å². The lowest BCUT2D eigenvalue weighted by Crippen LogP contribution is -2.44. The predicted molar refractivity (Wildman–Crippen MR) is 124 cm³/mol. The minimum atomic E-state index is -1.14. The maximum atomic E-state index is 12.7. The first-order valence-corrected chi connectivity index (χ1v) is 10.5. The fourth-order valence-electron chi connectivity index (χ4n) is 3.30. The van der Waals surface area contributed by atoms with Crippen molar-refractivity contribution in [2.45, 2.75) is 12.5 Å². The summed E-state index contributed by atoms with van der Waals surface area (Å²) in [7, 11) is 0. The monoisotopic (exact) mass is 459 g/mol. The van der Waals surface area contributed by atoms with Crippen LogP contribution in [0.15, 0.2) is 94.3 Å². The number of ether oxygens (including phenoxy) is 2. The highest BCUT2D eigenvalue weighted by atomic mass is 16.5. The molecule has 0 fully saturated rings. The largest absolute Gasteiger partial charge is 0.484 e. The normalized spacial score (nSPS) is 11.5. The summed E-state index contributed by atoms with van der Waals surface area (Å²) in [4.78, 5) is 36.5. The second-order valence-electron chi connectivity index (χ2n) is 7.44. The molecule has 4 aromatic rings. The molecule has 1 unspecified atom stereocenters. The molecule has 0 radical (unpaired) electrons. The van der Waals surface area contributed by atoms with Gasteiger partial charge in [0.25, 0.3) is 5.91 Å². The van der Waals surface area contributed by atoms with E-state index in [9.17, 15) is 19.5 Å². The van der Waals surface area contributed by atoms with Gasteiger partial charge >= 0.3 is 5.97 Å². The molecule has 1 heterocycles. The highest BCUT2D eigenvalue weighted by Crippen LogP contribution is 2.23. The van der Waals surface area contributed by atoms with E-state index in [4.69, 9.17) is 13.9 Å². The minimum Gasteiger partial charge on any atom is -0.484 e. The molecule has 0 aliphatic carbocycles. The Labute approximate surface area is 194 Å². The van der Waals surface area contributed by atoms with Gasteiger partial charge in [-0.1, -0.05) is 48.5 Å². The molecule has 1 atom stereocenters. The Balaban J connectivity index is 1.40. The van der Waals surface area contributed by atoms with Crippen LogP contribution in [0.5, 0.6) is 17.2 Å². The van der Waals surface area contributed by atoms with Crippen LogP contribution < -0.4 is 20.2 Å². The van der Waals surface area contributed by atoms with Gasteiger partial charge in [0.2, 0.25) is 11.2 Å². The molecule has 172 valence electrons. The van der Waals surface area contributed by atoms with E-state index in [1.807, 2.05) is 12.1 Å². The second kappa shape index (κ2) is 10.4. The Hall–Kier alpha value is -4.59. The van der Waals surface area contributed by atoms with Crippen molar-refractivity contribution in [1.29, 1.82) is 0 Å². The number of amides is 1. The van der Waals surface area contributed by atoms with Crippen LogP contribution in [0.2, 0.25) is 0 Å². The number of aliphatic carboxylic acids is 1. The van der Waals surface area contributed by atoms with E-state index < -0.39 is 24.5 Å². The number of carbonyl (C=O) groups excluding carboxylic acids is 1. The van der Waals surface area contributed by atoms with Crippen LogP contribution in [-0.4, -0.2) is 29.6 Å². The number of hydrogen-bond donors (Lipinski definition) is 2. The van der Waals surface area contributed by atoms with Crippen LogP contribution >= 0.6 is 0 Å². The van der Waals surface area contributed by atoms with Crippen molar-refractivity contribution in [3.8, 4) is 17.2 Å². The maximum absolute atomic E-state index is 12.7. The Morgan fingerprint density at radius 2 is 1.65 bits per heavy atom. The number of carboxylic acids is 1. The van der Waals surface area contributed by atoms with Gasteiger partial charge in [0.05, 0.1) is 5.39 Å². The summed E-state index contributed by atoms with van der Waals surface area (Å²) in [5.74, 6) is -0.885. The number of carboxylic acid groups (broad SMARTS) is 1. The Morgan fingerprint density at radius 1 is 0.941 bits per heavy atom. The second-order valence-corrected chi connectivity index (χ2v) is 7.44. The SMILES string of the molecule is O=C(COc1ccc2c(=O)c(Oc3ccccc3)coc2c1)NC(Cc1ccccc1)C(=O)O. The first-order chi connectivity index (χ1) is 16.5. The Bertz CT molecular complexity index is 1350. The number of benzene rings is 3. The van der Waals surface area contributed by atoms with Crippen LogP contribution in [0.25, 0.3) is 11.0 Å². The first-order valence-electron chi connectivity index (χ1n) is 10.5. The van der Waals surface area contributed by atoms with E-state index in [1.54, 1.807) is 48.5 Å². The molecule has 1 amide bonds. The van der Waals surface area contributed by atoms with E-state index in [0.717, 1.165) is 5.56 Å². The van der Waals surface area contributed by atoms with Crippen LogP contribution in [0.3, 0.4) is 0 Å². The lowest BCUT2D eigenvalue weighted by molar-refractivity contribution is -0.142. The zero-order chi connectivity index (χ0) is 23.9. The van der Waals surface area contributed by atoms with Gasteiger partial charge in [-0.15, -0.1) is 0 Å². The van der Waals surface area contributed by atoms with E-state index in [1.165, 1.54) is 24.5 Å². The molecule has 2 N–H and O–H groups in total. The number of fused-ring (bicyclic) bond motifs is 1. The average Bonchev–Trinajstić information content (AvgIpc) is 2.85. The van der Waals surface area contributed by atoms with Crippen molar-refractivity contribution in [3.05, 3.63) is 101 Å². The molecule has 0 saturated carbocycles. The molecule has 8 nitrogen and oxygen atoms in total. The molecule has 0 aliphatic heterocycles. The van der Waals surface area contributed by atoms with Gasteiger partial charge < -0.3 is 24.3 Å². The number of hydrogen-bond acceptors (Lipinski definition) is 6. The van der Waals surface area contributed by atoms with Gasteiger partial charge in [-0.2, -0.15) is 0 Å². The molecule has 8 heteroatoms. The summed E-state index contributed by atoms with van der Waals surface area (Å²) < 4.78 is 16.6. The summed E-state index contributed by atoms with van der Waals surface area (Å²) >= 11 is 0. The van der Waals surface area contributed by atoms with Gasteiger partial charge in [-0.3, -0.25) is 9.59 Å². The van der Waals surface area contributed by atoms with Crippen molar-refractivity contribution in [3.63, 3.8) is 0 Å². The third-order valence-electron chi connectivity index (χ3n) is 4.97. The molecule has 0 bridgehead atoms. The molecule has 3 aromatic carbocycles. The van der Waals surface area contributed by atoms with Gasteiger partial charge in [0, 0.05) is 12.5 Å². The molecule has 4 rings (SSSR count). The smallest absolute Gasteiger partial charge is 0.326 e. The molecular formula is C26H21NO7. The summed E-state index contributed by atoms with van der Waals surface area (Å²) in [6.45, 7) is -0.399. The lowest BCUT2D eigenvalue weighted by atomic mass is 10.1. The van der Waals surface area contributed by atoms with Gasteiger partial charge in [0.1, 0.15) is 29.4 Å². The summed E-state index contributed by atoms with van der Waals surface area (Å²) in [6, 6.07) is 21.3. The van der Waals surface area contributed by atoms with Crippen LogP contribution in [0.1, 0.15) is 5.56 Å². The molecule has 1 aromatic heterocycles. The summed E-state index contributed by atoms with van der Waals surface area (Å²) in [5, 5.41) is 12.2. The molecule has 0 aliphatic rings. The fraction of sp³-hybridized carbons (Fsp3) is 0.115. The van der Waals surface area contributed by atoms with Crippen molar-refractivity contribution in [2.75, 3.05) is 6.61 Å². The topological polar surface area (TPSA) is 115 Å². The van der Waals surface area contributed by atoms with E-state index in [-0.39, 0.29) is 28.9 Å². The first kappa shape index (κ1) is 22.6. The van der Waals surface area contributed by atoms with Gasteiger partial charge in [-0.25, -0.2) is 4.79 Å². The van der Waals surface area contributed by atoms with E-state index in [2.05, 4.69) is 5.32 Å². The molecule has 34 heavy (non-hydrogen) atoms. The van der Waals surface area contributed by atoms with Crippen LogP contribution in [0, 0.1) is 0 Å². The number of carbonyl (C=O) groups is 2. The fourth-order valence-corrected chi connectivity index (χ4v) is 3.30. The lowest BCUT2D eigenvalue weighted by Gasteiger charge is -2.15. The Kier molecular flexibility index (Phi) is 6.88. The van der Waals surface area contributed by atoms with Crippen molar-refractivity contribution in [2.24, 2.45) is 0 Å². The maximum Gasteiger partial charge on any atom is 0.326 e. The third-order valence-corrected chi connectivity index (χ3v) is 4.97. The number of rotatable bonds is 9. The third kappa shape index (κ3) is 5.60. The van der Waals surface area contributed by atoms with Crippen molar-refractivity contribution < 1.29 is 28.6 Å². The highest BCUT2D eigenvalue weighted by molar-refractivity contribution is 5.85. The zero-order valence-corrected chi connectivity index (χ0v) is 18.0.